The number of nitrogens with zero attached hydrogens (tertiary/aromatic N) is 3. The van der Waals surface area contributed by atoms with Crippen molar-refractivity contribution in [2.45, 2.75) is 0 Å². The first-order chi connectivity index (χ1) is 11.9. The minimum atomic E-state index is 0.282. The van der Waals surface area contributed by atoms with Crippen LogP contribution in [0.25, 0.3) is 16.6 Å². The highest BCUT2D eigenvalue weighted by Gasteiger charge is 2.14. The lowest BCUT2D eigenvalue weighted by Gasteiger charge is -2.05. The first-order valence-electron chi connectivity index (χ1n) is 7.47. The fraction of sp³-hybridized carbons (Fsp3) is 0. The van der Waals surface area contributed by atoms with E-state index in [1.807, 2.05) is 65.4 Å². The van der Waals surface area contributed by atoms with Crippen LogP contribution < -0.4 is 4.74 Å². The number of para-hydroxylation sites is 2. The number of ether oxygens (including phenoxy) is 1. The van der Waals surface area contributed by atoms with Gasteiger partial charge < -0.3 is 9.30 Å². The number of nitroso groups, excluding NO2 is 1. The topological polar surface area (TPSA) is 56.5 Å². The minimum absolute atomic E-state index is 0.282. The zero-order valence-electron chi connectivity index (χ0n) is 12.7. The van der Waals surface area contributed by atoms with Crippen LogP contribution in [0.5, 0.6) is 11.5 Å². The zero-order valence-corrected chi connectivity index (χ0v) is 12.7. The van der Waals surface area contributed by atoms with Gasteiger partial charge in [0.2, 0.25) is 0 Å². The normalized spacial score (nSPS) is 10.7. The van der Waals surface area contributed by atoms with E-state index in [2.05, 4.69) is 10.2 Å². The second kappa shape index (κ2) is 5.96. The van der Waals surface area contributed by atoms with Crippen molar-refractivity contribution < 1.29 is 4.74 Å². The van der Waals surface area contributed by atoms with Crippen molar-refractivity contribution in [1.82, 2.24) is 9.55 Å². The number of benzene rings is 2. The first kappa shape index (κ1) is 14.1. The van der Waals surface area contributed by atoms with Crippen molar-refractivity contribution in [3.8, 4) is 17.2 Å². The summed E-state index contributed by atoms with van der Waals surface area (Å²) in [4.78, 5) is 15.1. The average Bonchev–Trinajstić information content (AvgIpc) is 3.01. The molecule has 0 atom stereocenters. The van der Waals surface area contributed by atoms with E-state index >= 15 is 0 Å². The van der Waals surface area contributed by atoms with E-state index in [1.165, 1.54) is 6.20 Å². The summed E-state index contributed by atoms with van der Waals surface area (Å²) < 4.78 is 7.92. The molecule has 4 rings (SSSR count). The molecule has 5 heteroatoms. The molecule has 0 saturated heterocycles. The van der Waals surface area contributed by atoms with Gasteiger partial charge in [0, 0.05) is 11.6 Å². The maximum absolute atomic E-state index is 11.1. The largest absolute Gasteiger partial charge is 0.455 e. The number of pyridine rings is 1. The number of hydrogen-bond acceptors (Lipinski definition) is 4. The molecule has 2 aromatic carbocycles. The molecule has 5 nitrogen and oxygen atoms in total. The van der Waals surface area contributed by atoms with Crippen LogP contribution in [0.1, 0.15) is 0 Å². The smallest absolute Gasteiger partial charge is 0.153 e. The quantitative estimate of drug-likeness (QED) is 0.485. The van der Waals surface area contributed by atoms with Crippen molar-refractivity contribution in [2.24, 2.45) is 5.18 Å². The highest BCUT2D eigenvalue weighted by molar-refractivity contribution is 5.89. The molecule has 0 saturated carbocycles. The van der Waals surface area contributed by atoms with Gasteiger partial charge >= 0.3 is 0 Å². The standard InChI is InChI=1S/C19H13N3O2/c23-21-16-12-20-11-10-18(16)22-13-19(15-8-4-5-9-17(15)22)24-14-6-2-1-3-7-14/h1-13H. The summed E-state index contributed by atoms with van der Waals surface area (Å²) in [6.45, 7) is 0. The fourth-order valence-corrected chi connectivity index (χ4v) is 2.70. The lowest BCUT2D eigenvalue weighted by atomic mass is 10.2. The Morgan fingerprint density at radius 2 is 1.75 bits per heavy atom. The molecule has 0 unspecified atom stereocenters. The second-order valence-corrected chi connectivity index (χ2v) is 5.25. The number of hydrogen-bond donors (Lipinski definition) is 0. The molecule has 0 radical (unpaired) electrons. The Morgan fingerprint density at radius 1 is 0.958 bits per heavy atom. The molecule has 0 aliphatic rings. The van der Waals surface area contributed by atoms with Gasteiger partial charge in [-0.3, -0.25) is 4.98 Å². The Bertz CT molecular complexity index is 1010. The van der Waals surface area contributed by atoms with Gasteiger partial charge in [-0.05, 0) is 35.5 Å². The summed E-state index contributed by atoms with van der Waals surface area (Å²) in [6, 6.07) is 19.2. The van der Waals surface area contributed by atoms with Crippen LogP contribution >= 0.6 is 0 Å². The van der Waals surface area contributed by atoms with Crippen LogP contribution in [0, 0.1) is 4.91 Å². The second-order valence-electron chi connectivity index (χ2n) is 5.25. The zero-order chi connectivity index (χ0) is 16.4. The third-order valence-corrected chi connectivity index (χ3v) is 3.78. The van der Waals surface area contributed by atoms with E-state index in [0.717, 1.165) is 16.7 Å². The summed E-state index contributed by atoms with van der Waals surface area (Å²) in [5.41, 5.74) is 1.88. The van der Waals surface area contributed by atoms with E-state index < -0.39 is 0 Å². The maximum Gasteiger partial charge on any atom is 0.153 e. The third-order valence-electron chi connectivity index (χ3n) is 3.78. The van der Waals surface area contributed by atoms with E-state index in [0.29, 0.717) is 11.4 Å². The summed E-state index contributed by atoms with van der Waals surface area (Å²) in [6.07, 6.45) is 4.95. The number of rotatable bonds is 4. The van der Waals surface area contributed by atoms with Gasteiger partial charge in [0.25, 0.3) is 0 Å². The van der Waals surface area contributed by atoms with Crippen LogP contribution in [-0.4, -0.2) is 9.55 Å². The van der Waals surface area contributed by atoms with Crippen molar-refractivity contribution >= 4 is 16.6 Å². The van der Waals surface area contributed by atoms with Crippen molar-refractivity contribution in [2.75, 3.05) is 0 Å². The molecule has 0 aliphatic carbocycles. The molecule has 0 N–H and O–H groups in total. The first-order valence-corrected chi connectivity index (χ1v) is 7.47. The van der Waals surface area contributed by atoms with E-state index in [1.54, 1.807) is 12.3 Å². The highest BCUT2D eigenvalue weighted by Crippen LogP contribution is 2.35. The van der Waals surface area contributed by atoms with Crippen LogP contribution in [0.4, 0.5) is 5.69 Å². The third kappa shape index (κ3) is 2.42. The molecule has 24 heavy (non-hydrogen) atoms. The summed E-state index contributed by atoms with van der Waals surface area (Å²) in [7, 11) is 0. The van der Waals surface area contributed by atoms with Crippen LogP contribution in [0.3, 0.4) is 0 Å². The SMILES string of the molecule is O=Nc1cnccc1-n1cc(Oc2ccccc2)c2ccccc21. The fourth-order valence-electron chi connectivity index (χ4n) is 2.70. The molecule has 0 aliphatic heterocycles. The van der Waals surface area contributed by atoms with Crippen molar-refractivity contribution in [3.05, 3.63) is 84.2 Å². The van der Waals surface area contributed by atoms with Gasteiger partial charge in [0.15, 0.2) is 5.75 Å². The van der Waals surface area contributed by atoms with E-state index in [-0.39, 0.29) is 5.69 Å². The molecule has 2 aromatic heterocycles. The Morgan fingerprint density at radius 3 is 2.58 bits per heavy atom. The molecule has 0 spiro atoms. The van der Waals surface area contributed by atoms with Gasteiger partial charge in [-0.2, -0.15) is 0 Å². The monoisotopic (exact) mass is 315 g/mol. The van der Waals surface area contributed by atoms with Gasteiger partial charge in [0.05, 0.1) is 23.6 Å². The van der Waals surface area contributed by atoms with Crippen LogP contribution in [0.15, 0.2) is 84.4 Å². The predicted octanol–water partition coefficient (Wildman–Crippen LogP) is 5.22. The lowest BCUT2D eigenvalue weighted by Crippen LogP contribution is -1.92. The Labute approximate surface area is 138 Å². The van der Waals surface area contributed by atoms with Crippen molar-refractivity contribution in [1.29, 1.82) is 0 Å². The predicted molar refractivity (Wildman–Crippen MR) is 93.0 cm³/mol. The van der Waals surface area contributed by atoms with Crippen LogP contribution in [-0.2, 0) is 0 Å². The van der Waals surface area contributed by atoms with Gasteiger partial charge in [0.1, 0.15) is 11.4 Å². The molecule has 2 heterocycles. The van der Waals surface area contributed by atoms with Gasteiger partial charge in [-0.25, -0.2) is 0 Å². The minimum Gasteiger partial charge on any atom is -0.455 e. The lowest BCUT2D eigenvalue weighted by molar-refractivity contribution is 0.487. The van der Waals surface area contributed by atoms with E-state index in [9.17, 15) is 4.91 Å². The Balaban J connectivity index is 1.90. The van der Waals surface area contributed by atoms with Crippen molar-refractivity contribution in [3.63, 3.8) is 0 Å². The molecule has 0 bridgehead atoms. The average molecular weight is 315 g/mol. The maximum atomic E-state index is 11.1. The van der Waals surface area contributed by atoms with Gasteiger partial charge in [-0.15, -0.1) is 4.91 Å². The molecule has 0 fully saturated rings. The molecular weight excluding hydrogens is 302 g/mol. The molecule has 0 amide bonds. The van der Waals surface area contributed by atoms with Gasteiger partial charge in [-0.1, -0.05) is 30.3 Å². The Hall–Kier alpha value is -3.47. The number of fused-ring (bicyclic) bond motifs is 1. The van der Waals surface area contributed by atoms with E-state index in [4.69, 9.17) is 4.74 Å². The summed E-state index contributed by atoms with van der Waals surface area (Å²) in [5, 5.41) is 4.03. The summed E-state index contributed by atoms with van der Waals surface area (Å²) in [5.74, 6) is 1.47. The summed E-state index contributed by atoms with van der Waals surface area (Å²) >= 11 is 0. The van der Waals surface area contributed by atoms with Crippen LogP contribution in [0.2, 0.25) is 0 Å². The number of aromatic nitrogens is 2. The Kier molecular flexibility index (Phi) is 3.51. The molecule has 116 valence electrons. The highest BCUT2D eigenvalue weighted by atomic mass is 16.5. The molecular formula is C19H13N3O2. The molecule has 4 aromatic rings.